The third kappa shape index (κ3) is 3.22. The molecule has 0 radical (unpaired) electrons. The summed E-state index contributed by atoms with van der Waals surface area (Å²) in [6.45, 7) is 0.795. The van der Waals surface area contributed by atoms with Crippen molar-refractivity contribution in [3.05, 3.63) is 64.2 Å². The summed E-state index contributed by atoms with van der Waals surface area (Å²) in [4.78, 5) is 48.1. The normalized spacial score (nSPS) is 13.1. The van der Waals surface area contributed by atoms with E-state index in [1.54, 1.807) is 17.3 Å². The van der Waals surface area contributed by atoms with E-state index in [0.717, 1.165) is 22.6 Å². The second-order valence-electron chi connectivity index (χ2n) is 6.70. The first kappa shape index (κ1) is 17.8. The largest absolute Gasteiger partial charge is 0.362 e. The van der Waals surface area contributed by atoms with Crippen LogP contribution in [0.1, 0.15) is 21.6 Å². The molecule has 3 aromatic heterocycles. The zero-order chi connectivity index (χ0) is 19.7. The number of anilines is 1. The first-order valence-corrected chi connectivity index (χ1v) is 8.84. The van der Waals surface area contributed by atoms with E-state index in [2.05, 4.69) is 15.0 Å². The summed E-state index contributed by atoms with van der Waals surface area (Å²) in [5.41, 5.74) is 2.24. The predicted molar refractivity (Wildman–Crippen MR) is 103 cm³/mol. The predicted octanol–water partition coefficient (Wildman–Crippen LogP) is 0.886. The van der Waals surface area contributed by atoms with Gasteiger partial charge in [-0.2, -0.15) is 0 Å². The highest BCUT2D eigenvalue weighted by Crippen LogP contribution is 2.28. The second-order valence-corrected chi connectivity index (χ2v) is 6.70. The monoisotopic (exact) mass is 377 g/mol. The van der Waals surface area contributed by atoms with Gasteiger partial charge in [-0.15, -0.1) is 0 Å². The smallest absolute Gasteiger partial charge is 0.263 e. The van der Waals surface area contributed by atoms with E-state index in [-0.39, 0.29) is 11.5 Å². The SMILES string of the molecule is CN(C)c1nc(-c2ccncc2)nc2c1CCN(C(=O)c1cnc[nH]c1=O)C2. The van der Waals surface area contributed by atoms with Crippen molar-refractivity contribution in [2.24, 2.45) is 0 Å². The van der Waals surface area contributed by atoms with Crippen LogP contribution >= 0.6 is 0 Å². The number of nitrogens with one attached hydrogen (secondary N) is 1. The third-order valence-corrected chi connectivity index (χ3v) is 4.64. The van der Waals surface area contributed by atoms with Crippen LogP contribution in [-0.2, 0) is 13.0 Å². The lowest BCUT2D eigenvalue weighted by molar-refractivity contribution is 0.0729. The molecule has 142 valence electrons. The zero-order valence-corrected chi connectivity index (χ0v) is 15.6. The number of aromatic amines is 1. The van der Waals surface area contributed by atoms with E-state index in [0.29, 0.717) is 25.3 Å². The van der Waals surface area contributed by atoms with Crippen LogP contribution in [0.3, 0.4) is 0 Å². The Bertz CT molecular complexity index is 1080. The molecular weight excluding hydrogens is 358 g/mol. The van der Waals surface area contributed by atoms with Crippen molar-refractivity contribution in [3.8, 4) is 11.4 Å². The minimum atomic E-state index is -0.445. The first-order valence-electron chi connectivity index (χ1n) is 8.84. The molecule has 9 nitrogen and oxygen atoms in total. The number of H-pyrrole nitrogens is 1. The molecule has 0 aromatic carbocycles. The molecule has 9 heteroatoms. The van der Waals surface area contributed by atoms with E-state index in [1.165, 1.54) is 12.5 Å². The molecule has 3 aromatic rings. The molecule has 4 heterocycles. The van der Waals surface area contributed by atoms with Gasteiger partial charge in [0.2, 0.25) is 0 Å². The lowest BCUT2D eigenvalue weighted by Crippen LogP contribution is -2.39. The standard InChI is InChI=1S/C19H19N7O2/c1-25(2)17-13-5-8-26(19(28)14-9-21-11-22-18(14)27)10-15(13)23-16(24-17)12-3-6-20-7-4-12/h3-4,6-7,9,11H,5,8,10H2,1-2H3,(H,21,22,27). The Morgan fingerprint density at radius 3 is 2.68 bits per heavy atom. The minimum Gasteiger partial charge on any atom is -0.362 e. The number of aromatic nitrogens is 5. The Morgan fingerprint density at radius 1 is 1.18 bits per heavy atom. The summed E-state index contributed by atoms with van der Waals surface area (Å²) in [5.74, 6) is 1.07. The molecule has 1 aliphatic heterocycles. The molecule has 1 amide bonds. The van der Waals surface area contributed by atoms with Crippen LogP contribution in [0.15, 0.2) is 41.8 Å². The van der Waals surface area contributed by atoms with Gasteiger partial charge in [0.05, 0.1) is 18.6 Å². The lowest BCUT2D eigenvalue weighted by atomic mass is 10.0. The van der Waals surface area contributed by atoms with E-state index in [1.807, 2.05) is 31.1 Å². The van der Waals surface area contributed by atoms with Crippen LogP contribution in [0.25, 0.3) is 11.4 Å². The highest BCUT2D eigenvalue weighted by atomic mass is 16.2. The Labute approximate surface area is 161 Å². The molecule has 1 N–H and O–H groups in total. The number of pyridine rings is 1. The van der Waals surface area contributed by atoms with E-state index >= 15 is 0 Å². The van der Waals surface area contributed by atoms with E-state index < -0.39 is 5.56 Å². The average Bonchev–Trinajstić information content (AvgIpc) is 2.73. The molecule has 0 atom stereocenters. The van der Waals surface area contributed by atoms with E-state index in [4.69, 9.17) is 9.97 Å². The maximum Gasteiger partial charge on any atom is 0.263 e. The number of fused-ring (bicyclic) bond motifs is 1. The van der Waals surface area contributed by atoms with Crippen molar-refractivity contribution < 1.29 is 4.79 Å². The van der Waals surface area contributed by atoms with Crippen molar-refractivity contribution in [3.63, 3.8) is 0 Å². The van der Waals surface area contributed by atoms with Gasteiger partial charge in [0, 0.05) is 50.4 Å². The molecule has 0 fully saturated rings. The fourth-order valence-corrected chi connectivity index (χ4v) is 3.25. The summed E-state index contributed by atoms with van der Waals surface area (Å²) in [5, 5.41) is 0. The van der Waals surface area contributed by atoms with Crippen LogP contribution in [0.2, 0.25) is 0 Å². The fraction of sp³-hybridized carbons (Fsp3) is 0.263. The van der Waals surface area contributed by atoms with Gasteiger partial charge in [-0.3, -0.25) is 14.6 Å². The van der Waals surface area contributed by atoms with Crippen LogP contribution in [0.5, 0.6) is 0 Å². The summed E-state index contributed by atoms with van der Waals surface area (Å²) in [6.07, 6.45) is 6.56. The van der Waals surface area contributed by atoms with Gasteiger partial charge < -0.3 is 14.8 Å². The highest BCUT2D eigenvalue weighted by molar-refractivity contribution is 5.93. The van der Waals surface area contributed by atoms with Gasteiger partial charge in [-0.25, -0.2) is 15.0 Å². The first-order chi connectivity index (χ1) is 13.5. The molecule has 0 saturated heterocycles. The van der Waals surface area contributed by atoms with Crippen molar-refractivity contribution in [2.75, 3.05) is 25.5 Å². The van der Waals surface area contributed by atoms with Gasteiger partial charge in [0.25, 0.3) is 11.5 Å². The number of carbonyl (C=O) groups excluding carboxylic acids is 1. The molecule has 28 heavy (non-hydrogen) atoms. The molecule has 0 aliphatic carbocycles. The maximum absolute atomic E-state index is 12.8. The molecule has 4 rings (SSSR count). The van der Waals surface area contributed by atoms with Crippen LogP contribution < -0.4 is 10.5 Å². The molecule has 0 bridgehead atoms. The topological polar surface area (TPSA) is 108 Å². The number of rotatable bonds is 3. The number of amides is 1. The van der Waals surface area contributed by atoms with Crippen molar-refractivity contribution >= 4 is 11.7 Å². The highest BCUT2D eigenvalue weighted by Gasteiger charge is 2.28. The maximum atomic E-state index is 12.8. The quantitative estimate of drug-likeness (QED) is 0.722. The lowest BCUT2D eigenvalue weighted by Gasteiger charge is -2.30. The second kappa shape index (κ2) is 7.18. The minimum absolute atomic E-state index is 0.0298. The van der Waals surface area contributed by atoms with Crippen LogP contribution in [0.4, 0.5) is 5.82 Å². The molecular formula is C19H19N7O2. The van der Waals surface area contributed by atoms with Crippen molar-refractivity contribution in [1.29, 1.82) is 0 Å². The Hall–Kier alpha value is -3.62. The molecule has 0 unspecified atom stereocenters. The number of hydrogen-bond donors (Lipinski definition) is 1. The van der Waals surface area contributed by atoms with Gasteiger partial charge in [0.15, 0.2) is 5.82 Å². The van der Waals surface area contributed by atoms with Crippen molar-refractivity contribution in [2.45, 2.75) is 13.0 Å². The number of hydrogen-bond acceptors (Lipinski definition) is 7. The van der Waals surface area contributed by atoms with Gasteiger partial charge in [-0.1, -0.05) is 0 Å². The van der Waals surface area contributed by atoms with Crippen molar-refractivity contribution in [1.82, 2.24) is 29.8 Å². The molecule has 0 saturated carbocycles. The van der Waals surface area contributed by atoms with Crippen LogP contribution in [-0.4, -0.2) is 56.4 Å². The number of carbonyl (C=O) groups is 1. The summed E-state index contributed by atoms with van der Waals surface area (Å²) in [6, 6.07) is 3.70. The fourth-order valence-electron chi connectivity index (χ4n) is 3.25. The zero-order valence-electron chi connectivity index (χ0n) is 15.6. The summed E-state index contributed by atoms with van der Waals surface area (Å²) >= 11 is 0. The Morgan fingerprint density at radius 2 is 1.96 bits per heavy atom. The third-order valence-electron chi connectivity index (χ3n) is 4.64. The average molecular weight is 377 g/mol. The van der Waals surface area contributed by atoms with Gasteiger partial charge in [-0.05, 0) is 18.6 Å². The number of nitrogens with zero attached hydrogens (tertiary/aromatic N) is 6. The van der Waals surface area contributed by atoms with E-state index in [9.17, 15) is 9.59 Å². The molecule has 1 aliphatic rings. The van der Waals surface area contributed by atoms with Crippen LogP contribution in [0, 0.1) is 0 Å². The van der Waals surface area contributed by atoms with Gasteiger partial charge >= 0.3 is 0 Å². The summed E-state index contributed by atoms with van der Waals surface area (Å²) < 4.78 is 0. The molecule has 0 spiro atoms. The van der Waals surface area contributed by atoms with Gasteiger partial charge in [0.1, 0.15) is 11.4 Å². The summed E-state index contributed by atoms with van der Waals surface area (Å²) in [7, 11) is 3.87. The Kier molecular flexibility index (Phi) is 4.56. The Balaban J connectivity index is 1.73.